The summed E-state index contributed by atoms with van der Waals surface area (Å²) in [5, 5.41) is 10.4. The van der Waals surface area contributed by atoms with Gasteiger partial charge in [0, 0.05) is 18.5 Å². The summed E-state index contributed by atoms with van der Waals surface area (Å²) in [4.78, 5) is 28.3. The second kappa shape index (κ2) is 5.06. The number of aromatic carboxylic acids is 1. The van der Waals surface area contributed by atoms with Crippen LogP contribution in [0.2, 0.25) is 0 Å². The predicted molar refractivity (Wildman–Crippen MR) is 70.1 cm³/mol. The second-order valence-electron chi connectivity index (χ2n) is 5.30. The molecule has 1 aromatic rings. The molecule has 0 saturated heterocycles. The van der Waals surface area contributed by atoms with Crippen LogP contribution in [0.1, 0.15) is 48.0 Å². The lowest BCUT2D eigenvalue weighted by molar-refractivity contribution is 0.0628. The summed E-state index contributed by atoms with van der Waals surface area (Å²) in [6.45, 7) is 8.10. The van der Waals surface area contributed by atoms with Gasteiger partial charge in [-0.25, -0.2) is 9.78 Å². The molecule has 1 atom stereocenters. The van der Waals surface area contributed by atoms with Crippen LogP contribution in [0.25, 0.3) is 0 Å². The Labute approximate surface area is 110 Å². The SMILES string of the molecule is CC(N(C)C(=O)c1nc(C(=O)O)cs1)C(C)(C)C. The third kappa shape index (κ3) is 3.07. The summed E-state index contributed by atoms with van der Waals surface area (Å²) in [6.07, 6.45) is 0. The molecule has 0 aliphatic carbocycles. The molecule has 0 aliphatic rings. The molecular weight excluding hydrogens is 252 g/mol. The van der Waals surface area contributed by atoms with E-state index < -0.39 is 5.97 Å². The van der Waals surface area contributed by atoms with Crippen molar-refractivity contribution in [2.45, 2.75) is 33.7 Å². The first-order valence-electron chi connectivity index (χ1n) is 5.60. The van der Waals surface area contributed by atoms with Gasteiger partial charge in [0.05, 0.1) is 0 Å². The standard InChI is InChI=1S/C12H18N2O3S/c1-7(12(2,3)4)14(5)10(15)9-13-8(6-18-9)11(16)17/h6-7H,1-5H3,(H,16,17). The van der Waals surface area contributed by atoms with Gasteiger partial charge in [0.25, 0.3) is 5.91 Å². The lowest BCUT2D eigenvalue weighted by atomic mass is 9.87. The van der Waals surface area contributed by atoms with Crippen molar-refractivity contribution in [2.24, 2.45) is 5.41 Å². The fraction of sp³-hybridized carbons (Fsp3) is 0.583. The molecule has 1 amide bonds. The van der Waals surface area contributed by atoms with E-state index in [0.717, 1.165) is 11.3 Å². The fourth-order valence-corrected chi connectivity index (χ4v) is 2.15. The van der Waals surface area contributed by atoms with E-state index in [-0.39, 0.29) is 28.1 Å². The summed E-state index contributed by atoms with van der Waals surface area (Å²) in [5.41, 5.74) is -0.128. The summed E-state index contributed by atoms with van der Waals surface area (Å²) in [5.74, 6) is -1.35. The maximum absolute atomic E-state index is 12.1. The van der Waals surface area contributed by atoms with E-state index in [9.17, 15) is 9.59 Å². The molecular formula is C12H18N2O3S. The minimum Gasteiger partial charge on any atom is -0.476 e. The van der Waals surface area contributed by atoms with Crippen LogP contribution in [0.3, 0.4) is 0 Å². The number of aromatic nitrogens is 1. The normalized spacial score (nSPS) is 13.2. The Hall–Kier alpha value is -1.43. The molecule has 1 heterocycles. The highest BCUT2D eigenvalue weighted by Crippen LogP contribution is 2.24. The maximum Gasteiger partial charge on any atom is 0.355 e. The molecule has 100 valence electrons. The van der Waals surface area contributed by atoms with E-state index in [1.165, 1.54) is 5.38 Å². The third-order valence-corrected chi connectivity index (χ3v) is 3.89. The number of carbonyl (C=O) groups excluding carboxylic acids is 1. The summed E-state index contributed by atoms with van der Waals surface area (Å²) >= 11 is 1.06. The number of carboxylic acid groups (broad SMARTS) is 1. The van der Waals surface area contributed by atoms with Crippen LogP contribution in [0.15, 0.2) is 5.38 Å². The average Bonchev–Trinajstić information content (AvgIpc) is 2.74. The molecule has 0 aliphatic heterocycles. The van der Waals surface area contributed by atoms with Crippen molar-refractivity contribution in [3.63, 3.8) is 0 Å². The smallest absolute Gasteiger partial charge is 0.355 e. The zero-order chi connectivity index (χ0) is 14.1. The summed E-state index contributed by atoms with van der Waals surface area (Å²) in [6, 6.07) is 0.0298. The number of carboxylic acids is 1. The number of thiazole rings is 1. The Morgan fingerprint density at radius 2 is 2.00 bits per heavy atom. The van der Waals surface area contributed by atoms with Crippen LogP contribution in [-0.2, 0) is 0 Å². The molecule has 0 spiro atoms. The van der Waals surface area contributed by atoms with Crippen molar-refractivity contribution in [1.29, 1.82) is 0 Å². The van der Waals surface area contributed by atoms with E-state index in [1.807, 2.05) is 27.7 Å². The lowest BCUT2D eigenvalue weighted by Gasteiger charge is -2.34. The fourth-order valence-electron chi connectivity index (χ4n) is 1.38. The molecule has 18 heavy (non-hydrogen) atoms. The first-order chi connectivity index (χ1) is 8.14. The van der Waals surface area contributed by atoms with Crippen molar-refractivity contribution in [2.75, 3.05) is 7.05 Å². The third-order valence-electron chi connectivity index (χ3n) is 3.06. The lowest BCUT2D eigenvalue weighted by Crippen LogP contribution is -2.42. The Morgan fingerprint density at radius 1 is 1.44 bits per heavy atom. The topological polar surface area (TPSA) is 70.5 Å². The van der Waals surface area contributed by atoms with Crippen LogP contribution in [0.4, 0.5) is 0 Å². The van der Waals surface area contributed by atoms with Crippen molar-refractivity contribution < 1.29 is 14.7 Å². The highest BCUT2D eigenvalue weighted by atomic mass is 32.1. The monoisotopic (exact) mass is 270 g/mol. The highest BCUT2D eigenvalue weighted by Gasteiger charge is 2.29. The van der Waals surface area contributed by atoms with Crippen molar-refractivity contribution in [1.82, 2.24) is 9.88 Å². The summed E-state index contributed by atoms with van der Waals surface area (Å²) < 4.78 is 0. The Balaban J connectivity index is 2.90. The van der Waals surface area contributed by atoms with Gasteiger partial charge in [-0.1, -0.05) is 20.8 Å². The van der Waals surface area contributed by atoms with Gasteiger partial charge in [0.2, 0.25) is 0 Å². The molecule has 0 aromatic carbocycles. The molecule has 5 nitrogen and oxygen atoms in total. The number of carbonyl (C=O) groups is 2. The van der Waals surface area contributed by atoms with Crippen molar-refractivity contribution >= 4 is 23.2 Å². The predicted octanol–water partition coefficient (Wildman–Crippen LogP) is 2.35. The Bertz CT molecular complexity index is 462. The van der Waals surface area contributed by atoms with Gasteiger partial charge in [-0.2, -0.15) is 0 Å². The zero-order valence-electron chi connectivity index (χ0n) is 11.2. The first-order valence-corrected chi connectivity index (χ1v) is 6.48. The van der Waals surface area contributed by atoms with Gasteiger partial charge in [0.15, 0.2) is 10.7 Å². The number of amides is 1. The van der Waals surface area contributed by atoms with E-state index in [1.54, 1.807) is 11.9 Å². The van der Waals surface area contributed by atoms with Gasteiger partial charge in [0.1, 0.15) is 0 Å². The number of nitrogens with zero attached hydrogens (tertiary/aromatic N) is 2. The summed E-state index contributed by atoms with van der Waals surface area (Å²) in [7, 11) is 1.71. The molecule has 0 bridgehead atoms. The van der Waals surface area contributed by atoms with Crippen LogP contribution < -0.4 is 0 Å². The largest absolute Gasteiger partial charge is 0.476 e. The molecule has 6 heteroatoms. The van der Waals surface area contributed by atoms with Gasteiger partial charge in [-0.3, -0.25) is 4.79 Å². The quantitative estimate of drug-likeness (QED) is 0.915. The van der Waals surface area contributed by atoms with Crippen LogP contribution in [0.5, 0.6) is 0 Å². The second-order valence-corrected chi connectivity index (χ2v) is 6.16. The molecule has 0 fully saturated rings. The van der Waals surface area contributed by atoms with Crippen molar-refractivity contribution in [3.8, 4) is 0 Å². The molecule has 1 N–H and O–H groups in total. The van der Waals surface area contributed by atoms with Crippen LogP contribution >= 0.6 is 11.3 Å². The molecule has 1 unspecified atom stereocenters. The Morgan fingerprint density at radius 3 is 2.39 bits per heavy atom. The average molecular weight is 270 g/mol. The number of hydrogen-bond acceptors (Lipinski definition) is 4. The van der Waals surface area contributed by atoms with Crippen LogP contribution in [0, 0.1) is 5.41 Å². The molecule has 1 rings (SSSR count). The van der Waals surface area contributed by atoms with Crippen molar-refractivity contribution in [3.05, 3.63) is 16.1 Å². The van der Waals surface area contributed by atoms with Crippen LogP contribution in [-0.4, -0.2) is 40.0 Å². The van der Waals surface area contributed by atoms with E-state index in [4.69, 9.17) is 5.11 Å². The minimum atomic E-state index is -1.11. The number of hydrogen-bond donors (Lipinski definition) is 1. The zero-order valence-corrected chi connectivity index (χ0v) is 12.0. The van der Waals surface area contributed by atoms with E-state index in [0.29, 0.717) is 0 Å². The molecule has 0 saturated carbocycles. The maximum atomic E-state index is 12.1. The van der Waals surface area contributed by atoms with Gasteiger partial charge in [-0.15, -0.1) is 11.3 Å². The highest BCUT2D eigenvalue weighted by molar-refractivity contribution is 7.11. The first kappa shape index (κ1) is 14.6. The molecule has 1 aromatic heterocycles. The van der Waals surface area contributed by atoms with Gasteiger partial charge in [-0.05, 0) is 12.3 Å². The minimum absolute atomic E-state index is 0.0298. The Kier molecular flexibility index (Phi) is 4.11. The van der Waals surface area contributed by atoms with E-state index >= 15 is 0 Å². The van der Waals surface area contributed by atoms with Gasteiger partial charge < -0.3 is 10.0 Å². The van der Waals surface area contributed by atoms with Gasteiger partial charge >= 0.3 is 5.97 Å². The van der Waals surface area contributed by atoms with E-state index in [2.05, 4.69) is 4.98 Å². The molecule has 0 radical (unpaired) electrons. The number of rotatable bonds is 3.